The van der Waals surface area contributed by atoms with Gasteiger partial charge in [-0.05, 0) is 36.1 Å². The maximum atomic E-state index is 2.51. The molecule has 0 aromatic heterocycles. The van der Waals surface area contributed by atoms with E-state index in [0.717, 1.165) is 5.92 Å². The van der Waals surface area contributed by atoms with Crippen LogP contribution in [0.2, 0.25) is 0 Å². The Kier molecular flexibility index (Phi) is 2.99. The summed E-state index contributed by atoms with van der Waals surface area (Å²) in [6.45, 7) is 4.88. The van der Waals surface area contributed by atoms with Crippen LogP contribution in [0.15, 0.2) is 54.6 Å². The van der Waals surface area contributed by atoms with Gasteiger partial charge in [0.05, 0.1) is 25.4 Å². The van der Waals surface area contributed by atoms with E-state index in [1.807, 2.05) is 0 Å². The van der Waals surface area contributed by atoms with Crippen molar-refractivity contribution in [2.75, 3.05) is 12.8 Å². The van der Waals surface area contributed by atoms with Gasteiger partial charge in [-0.25, -0.2) is 0 Å². The first kappa shape index (κ1) is 11.9. The fourth-order valence-corrected chi connectivity index (χ4v) is 6.90. The van der Waals surface area contributed by atoms with Crippen LogP contribution in [0.25, 0.3) is 0 Å². The van der Waals surface area contributed by atoms with Gasteiger partial charge >= 0.3 is 0 Å². The molecule has 1 unspecified atom stereocenters. The number of fused-ring (bicyclic) bond motifs is 1. The van der Waals surface area contributed by atoms with Gasteiger partial charge < -0.3 is 0 Å². The third kappa shape index (κ3) is 1.80. The van der Waals surface area contributed by atoms with Crippen LogP contribution in [0.4, 0.5) is 0 Å². The smallest absolute Gasteiger partial charge is 0.0620 e. The first-order chi connectivity index (χ1) is 8.72. The molecule has 0 saturated heterocycles. The van der Waals surface area contributed by atoms with Crippen LogP contribution in [0.1, 0.15) is 24.8 Å². The topological polar surface area (TPSA) is 0 Å². The van der Waals surface area contributed by atoms with Crippen LogP contribution >= 0.6 is 7.26 Å². The summed E-state index contributed by atoms with van der Waals surface area (Å²) in [5, 5.41) is 3.19. The Morgan fingerprint density at radius 2 is 1.61 bits per heavy atom. The van der Waals surface area contributed by atoms with E-state index in [1.165, 1.54) is 12.6 Å². The van der Waals surface area contributed by atoms with Crippen LogP contribution < -0.4 is 10.6 Å². The van der Waals surface area contributed by atoms with E-state index < -0.39 is 7.26 Å². The van der Waals surface area contributed by atoms with Crippen molar-refractivity contribution in [3.05, 3.63) is 60.2 Å². The van der Waals surface area contributed by atoms with E-state index in [0.29, 0.717) is 0 Å². The van der Waals surface area contributed by atoms with Crippen LogP contribution in [-0.4, -0.2) is 12.8 Å². The molecule has 0 bridgehead atoms. The summed E-state index contributed by atoms with van der Waals surface area (Å²) in [7, 11) is -1.14. The third-order valence-corrected chi connectivity index (χ3v) is 8.40. The van der Waals surface area contributed by atoms with Gasteiger partial charge in [-0.2, -0.15) is 0 Å². The van der Waals surface area contributed by atoms with Gasteiger partial charge in [0.2, 0.25) is 0 Å². The standard InChI is InChI=1S/C17H20P/c1-14-12-13-18(2,15-8-4-3-5-9-15)17-11-7-6-10-16(14)17/h3-11,14H,12-13H2,1-2H3/q+1/t14-,18?/m1/s1. The van der Waals surface area contributed by atoms with Crippen LogP contribution in [-0.2, 0) is 0 Å². The number of benzene rings is 2. The van der Waals surface area contributed by atoms with E-state index in [-0.39, 0.29) is 0 Å². The first-order valence-electron chi connectivity index (χ1n) is 6.72. The van der Waals surface area contributed by atoms with E-state index >= 15 is 0 Å². The predicted octanol–water partition coefficient (Wildman–Crippen LogP) is 3.79. The number of hydrogen-bond acceptors (Lipinski definition) is 0. The Labute approximate surface area is 110 Å². The lowest BCUT2D eigenvalue weighted by atomic mass is 9.98. The second-order valence-electron chi connectivity index (χ2n) is 5.50. The van der Waals surface area contributed by atoms with Crippen LogP contribution in [0.3, 0.4) is 0 Å². The number of hydrogen-bond donors (Lipinski definition) is 0. The monoisotopic (exact) mass is 255 g/mol. The molecule has 2 atom stereocenters. The summed E-state index contributed by atoms with van der Waals surface area (Å²) in [4.78, 5) is 0. The van der Waals surface area contributed by atoms with Crippen molar-refractivity contribution in [1.29, 1.82) is 0 Å². The molecule has 18 heavy (non-hydrogen) atoms. The van der Waals surface area contributed by atoms with Crippen molar-refractivity contribution < 1.29 is 0 Å². The molecule has 2 aromatic rings. The molecule has 92 valence electrons. The third-order valence-electron chi connectivity index (χ3n) is 4.33. The van der Waals surface area contributed by atoms with Gasteiger partial charge in [0.15, 0.2) is 0 Å². The zero-order chi connectivity index (χ0) is 12.6. The van der Waals surface area contributed by atoms with Crippen LogP contribution in [0.5, 0.6) is 0 Å². The van der Waals surface area contributed by atoms with Gasteiger partial charge in [0, 0.05) is 0 Å². The second kappa shape index (κ2) is 4.52. The summed E-state index contributed by atoms with van der Waals surface area (Å²) in [5.74, 6) is 0.720. The maximum absolute atomic E-state index is 2.51. The zero-order valence-corrected chi connectivity index (χ0v) is 12.0. The molecule has 0 nitrogen and oxygen atoms in total. The van der Waals surface area contributed by atoms with Gasteiger partial charge in [-0.1, -0.05) is 43.3 Å². The summed E-state index contributed by atoms with van der Waals surface area (Å²) >= 11 is 0. The van der Waals surface area contributed by atoms with Crippen molar-refractivity contribution >= 4 is 17.9 Å². The summed E-state index contributed by atoms with van der Waals surface area (Å²) in [6, 6.07) is 20.2. The molecule has 1 aliphatic rings. The van der Waals surface area contributed by atoms with E-state index in [2.05, 4.69) is 68.2 Å². The molecule has 1 heterocycles. The highest BCUT2D eigenvalue weighted by atomic mass is 31.2. The molecule has 0 fully saturated rings. The highest BCUT2D eigenvalue weighted by molar-refractivity contribution is 7.89. The van der Waals surface area contributed by atoms with Gasteiger partial charge in [0.25, 0.3) is 0 Å². The summed E-state index contributed by atoms with van der Waals surface area (Å²) in [6.07, 6.45) is 2.69. The molecule has 0 N–H and O–H groups in total. The Morgan fingerprint density at radius 3 is 2.39 bits per heavy atom. The van der Waals surface area contributed by atoms with E-state index in [1.54, 1.807) is 16.2 Å². The lowest BCUT2D eigenvalue weighted by Crippen LogP contribution is -2.31. The highest BCUT2D eigenvalue weighted by Crippen LogP contribution is 2.58. The van der Waals surface area contributed by atoms with E-state index in [4.69, 9.17) is 0 Å². The SMILES string of the molecule is C[C@@H]1CC[P+](C)(c2ccccc2)c2ccccc21. The molecular weight excluding hydrogens is 235 g/mol. The average molecular weight is 255 g/mol. The van der Waals surface area contributed by atoms with Crippen molar-refractivity contribution in [2.24, 2.45) is 0 Å². The molecule has 0 radical (unpaired) electrons. The minimum Gasteiger partial charge on any atom is -0.0620 e. The average Bonchev–Trinajstić information content (AvgIpc) is 2.44. The van der Waals surface area contributed by atoms with Crippen LogP contribution in [0, 0.1) is 0 Å². The lowest BCUT2D eigenvalue weighted by molar-refractivity contribution is 0.733. The highest BCUT2D eigenvalue weighted by Gasteiger charge is 2.43. The Balaban J connectivity index is 2.17. The van der Waals surface area contributed by atoms with Crippen molar-refractivity contribution in [1.82, 2.24) is 0 Å². The fraction of sp³-hybridized carbons (Fsp3) is 0.294. The molecule has 0 aliphatic carbocycles. The minimum atomic E-state index is -1.14. The van der Waals surface area contributed by atoms with E-state index in [9.17, 15) is 0 Å². The molecule has 2 aromatic carbocycles. The molecule has 0 spiro atoms. The van der Waals surface area contributed by atoms with Gasteiger partial charge in [0.1, 0.15) is 5.30 Å². The molecule has 3 rings (SSSR count). The molecule has 0 saturated carbocycles. The van der Waals surface area contributed by atoms with Gasteiger partial charge in [-0.3, -0.25) is 0 Å². The zero-order valence-electron chi connectivity index (χ0n) is 11.1. The van der Waals surface area contributed by atoms with Gasteiger partial charge in [-0.15, -0.1) is 0 Å². The quantitative estimate of drug-likeness (QED) is 0.680. The molecular formula is C17H20P+. The predicted molar refractivity (Wildman–Crippen MR) is 82.9 cm³/mol. The van der Waals surface area contributed by atoms with Crippen molar-refractivity contribution in [2.45, 2.75) is 19.3 Å². The Morgan fingerprint density at radius 1 is 0.944 bits per heavy atom. The lowest BCUT2D eigenvalue weighted by Gasteiger charge is -2.32. The Bertz CT molecular complexity index is 547. The molecule has 1 aliphatic heterocycles. The second-order valence-corrected chi connectivity index (χ2v) is 9.33. The minimum absolute atomic E-state index is 0.720. The Hall–Kier alpha value is -1.13. The first-order valence-corrected chi connectivity index (χ1v) is 9.14. The normalized spacial score (nSPS) is 26.7. The largest absolute Gasteiger partial charge is 0.102 e. The summed E-state index contributed by atoms with van der Waals surface area (Å²) < 4.78 is 0. The fourth-order valence-electron chi connectivity index (χ4n) is 3.11. The van der Waals surface area contributed by atoms with Crippen molar-refractivity contribution in [3.63, 3.8) is 0 Å². The summed E-state index contributed by atoms with van der Waals surface area (Å²) in [5.41, 5.74) is 1.59. The molecule has 0 amide bonds. The number of rotatable bonds is 1. The molecule has 1 heteroatoms. The van der Waals surface area contributed by atoms with Crippen molar-refractivity contribution in [3.8, 4) is 0 Å². The maximum Gasteiger partial charge on any atom is 0.102 e.